The lowest BCUT2D eigenvalue weighted by molar-refractivity contribution is -0.120. The lowest BCUT2D eigenvalue weighted by Gasteiger charge is -2.25. The second-order valence-corrected chi connectivity index (χ2v) is 8.36. The summed E-state index contributed by atoms with van der Waals surface area (Å²) in [5.74, 6) is -0.347. The monoisotopic (exact) mass is 394 g/mol. The van der Waals surface area contributed by atoms with Gasteiger partial charge in [0.15, 0.2) is 0 Å². The summed E-state index contributed by atoms with van der Waals surface area (Å²) in [5.41, 5.74) is 0.386. The van der Waals surface area contributed by atoms with Crippen molar-refractivity contribution >= 4 is 33.2 Å². The van der Waals surface area contributed by atoms with E-state index in [1.807, 2.05) is 13.8 Å². The van der Waals surface area contributed by atoms with E-state index >= 15 is 0 Å². The Morgan fingerprint density at radius 3 is 2.31 bits per heavy atom. The van der Waals surface area contributed by atoms with Gasteiger partial charge in [0.2, 0.25) is 5.91 Å². The molecule has 0 radical (unpaired) electrons. The molecule has 0 aliphatic carbocycles. The molecule has 0 aliphatic rings. The number of nitrogens with one attached hydrogen (secondary N) is 1. The molecule has 1 N–H and O–H groups in total. The third-order valence-electron chi connectivity index (χ3n) is 3.86. The predicted octanol–water partition coefficient (Wildman–Crippen LogP) is 3.84. The molecule has 1 atom stereocenters. The molecular formula is C19H23ClN2O3S. The van der Waals surface area contributed by atoms with Crippen LogP contribution in [-0.2, 0) is 14.8 Å². The van der Waals surface area contributed by atoms with Crippen LogP contribution >= 0.6 is 11.6 Å². The van der Waals surface area contributed by atoms with Crippen molar-refractivity contribution in [2.24, 2.45) is 0 Å². The number of sulfonamides is 1. The van der Waals surface area contributed by atoms with E-state index in [4.69, 9.17) is 11.6 Å². The van der Waals surface area contributed by atoms with Crippen molar-refractivity contribution in [3.63, 3.8) is 0 Å². The van der Waals surface area contributed by atoms with E-state index in [1.54, 1.807) is 42.5 Å². The van der Waals surface area contributed by atoms with Crippen molar-refractivity contribution in [3.8, 4) is 0 Å². The molecule has 0 heterocycles. The average Bonchev–Trinajstić information content (AvgIpc) is 2.61. The number of halogens is 1. The van der Waals surface area contributed by atoms with Crippen molar-refractivity contribution in [3.05, 3.63) is 59.6 Å². The molecule has 0 saturated carbocycles. The zero-order chi connectivity index (χ0) is 19.2. The summed E-state index contributed by atoms with van der Waals surface area (Å²) in [6.07, 6.45) is 1.77. The zero-order valence-corrected chi connectivity index (χ0v) is 16.4. The Labute approximate surface area is 160 Å². The van der Waals surface area contributed by atoms with Gasteiger partial charge in [-0.25, -0.2) is 8.42 Å². The summed E-state index contributed by atoms with van der Waals surface area (Å²) in [4.78, 5) is 12.5. The Morgan fingerprint density at radius 1 is 1.12 bits per heavy atom. The van der Waals surface area contributed by atoms with Crippen molar-refractivity contribution in [1.29, 1.82) is 0 Å². The van der Waals surface area contributed by atoms with Gasteiger partial charge in [0.25, 0.3) is 10.0 Å². The number of hydrogen-bond acceptors (Lipinski definition) is 3. The maximum atomic E-state index is 13.1. The van der Waals surface area contributed by atoms with Crippen molar-refractivity contribution in [1.82, 2.24) is 5.32 Å². The summed E-state index contributed by atoms with van der Waals surface area (Å²) in [5, 5.41) is 3.34. The zero-order valence-electron chi connectivity index (χ0n) is 14.9. The molecule has 2 aromatic rings. The lowest BCUT2D eigenvalue weighted by Crippen LogP contribution is -2.43. The number of carbonyl (C=O) groups excluding carboxylic acids is 1. The van der Waals surface area contributed by atoms with Gasteiger partial charge in [-0.15, -0.1) is 0 Å². The van der Waals surface area contributed by atoms with Crippen LogP contribution in [0.3, 0.4) is 0 Å². The highest BCUT2D eigenvalue weighted by molar-refractivity contribution is 7.92. The molecule has 2 rings (SSSR count). The predicted molar refractivity (Wildman–Crippen MR) is 105 cm³/mol. The van der Waals surface area contributed by atoms with Crippen molar-refractivity contribution < 1.29 is 13.2 Å². The minimum atomic E-state index is -3.88. The summed E-state index contributed by atoms with van der Waals surface area (Å²) in [6.45, 7) is 3.63. The van der Waals surface area contributed by atoms with E-state index in [0.717, 1.165) is 17.1 Å². The first-order chi connectivity index (χ1) is 12.3. The number of nitrogens with zero attached hydrogens (tertiary/aromatic N) is 1. The first kappa shape index (κ1) is 20.3. The molecular weight excluding hydrogens is 372 g/mol. The topological polar surface area (TPSA) is 66.5 Å². The molecule has 5 nitrogen and oxygen atoms in total. The van der Waals surface area contributed by atoms with Crippen molar-refractivity contribution in [2.45, 2.75) is 37.6 Å². The van der Waals surface area contributed by atoms with Crippen LogP contribution in [0.15, 0.2) is 59.5 Å². The van der Waals surface area contributed by atoms with Crippen LogP contribution in [0.2, 0.25) is 5.02 Å². The van der Waals surface area contributed by atoms with Gasteiger partial charge < -0.3 is 5.32 Å². The molecule has 0 saturated heterocycles. The lowest BCUT2D eigenvalue weighted by atomic mass is 10.2. The SMILES string of the molecule is CCC[C@@H](C)NC(=O)CN(c1ccc(Cl)cc1)S(=O)(=O)c1ccccc1. The highest BCUT2D eigenvalue weighted by Crippen LogP contribution is 2.25. The fourth-order valence-corrected chi connectivity index (χ4v) is 4.17. The molecule has 2 aromatic carbocycles. The van der Waals surface area contributed by atoms with Gasteiger partial charge in [0, 0.05) is 11.1 Å². The van der Waals surface area contributed by atoms with E-state index in [1.165, 1.54) is 12.1 Å². The van der Waals surface area contributed by atoms with Gasteiger partial charge in [-0.3, -0.25) is 9.10 Å². The summed E-state index contributed by atoms with van der Waals surface area (Å²) in [6, 6.07) is 14.4. The van der Waals surface area contributed by atoms with Crippen LogP contribution in [0.4, 0.5) is 5.69 Å². The highest BCUT2D eigenvalue weighted by Gasteiger charge is 2.27. The van der Waals surface area contributed by atoms with Gasteiger partial charge >= 0.3 is 0 Å². The number of anilines is 1. The van der Waals surface area contributed by atoms with Gasteiger partial charge in [-0.1, -0.05) is 43.1 Å². The molecule has 1 amide bonds. The Balaban J connectivity index is 2.34. The van der Waals surface area contributed by atoms with Crippen LogP contribution < -0.4 is 9.62 Å². The van der Waals surface area contributed by atoms with Gasteiger partial charge in [-0.05, 0) is 49.7 Å². The Hall–Kier alpha value is -2.05. The van der Waals surface area contributed by atoms with Crippen LogP contribution in [-0.4, -0.2) is 26.9 Å². The van der Waals surface area contributed by atoms with E-state index in [-0.39, 0.29) is 23.4 Å². The van der Waals surface area contributed by atoms with E-state index < -0.39 is 10.0 Å². The third kappa shape index (κ3) is 5.22. The van der Waals surface area contributed by atoms with Gasteiger partial charge in [0.05, 0.1) is 10.6 Å². The highest BCUT2D eigenvalue weighted by atomic mass is 35.5. The van der Waals surface area contributed by atoms with E-state index in [0.29, 0.717) is 10.7 Å². The first-order valence-corrected chi connectivity index (χ1v) is 10.3. The van der Waals surface area contributed by atoms with Crippen LogP contribution in [0.1, 0.15) is 26.7 Å². The van der Waals surface area contributed by atoms with Crippen LogP contribution in [0.25, 0.3) is 0 Å². The first-order valence-electron chi connectivity index (χ1n) is 8.47. The van der Waals surface area contributed by atoms with Crippen LogP contribution in [0.5, 0.6) is 0 Å². The number of rotatable bonds is 8. The second-order valence-electron chi connectivity index (χ2n) is 6.06. The Kier molecular flexibility index (Phi) is 7.06. The normalized spacial score (nSPS) is 12.4. The summed E-state index contributed by atoms with van der Waals surface area (Å²) >= 11 is 5.91. The summed E-state index contributed by atoms with van der Waals surface area (Å²) in [7, 11) is -3.88. The average molecular weight is 395 g/mol. The minimum Gasteiger partial charge on any atom is -0.352 e. The molecule has 140 valence electrons. The number of carbonyl (C=O) groups is 1. The fraction of sp³-hybridized carbons (Fsp3) is 0.316. The second kappa shape index (κ2) is 9.05. The maximum Gasteiger partial charge on any atom is 0.264 e. The summed E-state index contributed by atoms with van der Waals surface area (Å²) < 4.78 is 27.3. The molecule has 0 aromatic heterocycles. The quantitative estimate of drug-likeness (QED) is 0.739. The number of benzene rings is 2. The van der Waals surface area contributed by atoms with Crippen molar-refractivity contribution in [2.75, 3.05) is 10.8 Å². The minimum absolute atomic E-state index is 0.0148. The van der Waals surface area contributed by atoms with Crippen LogP contribution in [0, 0.1) is 0 Å². The number of amides is 1. The standard InChI is InChI=1S/C19H23ClN2O3S/c1-3-7-15(2)21-19(23)14-22(17-12-10-16(20)11-13-17)26(24,25)18-8-5-4-6-9-18/h4-6,8-13,15H,3,7,14H2,1-2H3,(H,21,23)/t15-/m1/s1. The van der Waals surface area contributed by atoms with E-state index in [2.05, 4.69) is 5.32 Å². The molecule has 0 aliphatic heterocycles. The Bertz CT molecular complexity index is 824. The van der Waals surface area contributed by atoms with Gasteiger partial charge in [-0.2, -0.15) is 0 Å². The maximum absolute atomic E-state index is 13.1. The fourth-order valence-electron chi connectivity index (χ4n) is 2.60. The molecule has 26 heavy (non-hydrogen) atoms. The third-order valence-corrected chi connectivity index (χ3v) is 5.90. The Morgan fingerprint density at radius 2 is 1.73 bits per heavy atom. The largest absolute Gasteiger partial charge is 0.352 e. The molecule has 0 bridgehead atoms. The smallest absolute Gasteiger partial charge is 0.264 e. The molecule has 0 fully saturated rings. The number of hydrogen-bond donors (Lipinski definition) is 1. The van der Waals surface area contributed by atoms with Gasteiger partial charge in [0.1, 0.15) is 6.54 Å². The van der Waals surface area contributed by atoms with E-state index in [9.17, 15) is 13.2 Å². The molecule has 7 heteroatoms. The molecule has 0 spiro atoms. The molecule has 0 unspecified atom stereocenters.